The Labute approximate surface area is 112 Å². The first-order valence-electron chi connectivity index (χ1n) is 7.58. The van der Waals surface area contributed by atoms with E-state index in [4.69, 9.17) is 0 Å². The lowest BCUT2D eigenvalue weighted by atomic mass is 9.86. The molecule has 0 spiro atoms. The molecular weight excluding hydrogens is 224 g/mol. The van der Waals surface area contributed by atoms with Gasteiger partial charge in [0.2, 0.25) is 5.91 Å². The van der Waals surface area contributed by atoms with Crippen LogP contribution in [0.25, 0.3) is 0 Å². The van der Waals surface area contributed by atoms with E-state index in [0.29, 0.717) is 5.91 Å². The van der Waals surface area contributed by atoms with Crippen molar-refractivity contribution >= 4 is 5.91 Å². The van der Waals surface area contributed by atoms with Crippen molar-refractivity contribution in [3.8, 4) is 0 Å². The van der Waals surface area contributed by atoms with Gasteiger partial charge >= 0.3 is 0 Å². The number of amides is 1. The van der Waals surface area contributed by atoms with E-state index in [1.807, 2.05) is 0 Å². The van der Waals surface area contributed by atoms with Crippen LogP contribution in [0.15, 0.2) is 0 Å². The third kappa shape index (κ3) is 3.05. The number of rotatable bonds is 2. The lowest BCUT2D eigenvalue weighted by Crippen LogP contribution is -2.51. The quantitative estimate of drug-likeness (QED) is 0.753. The average Bonchev–Trinajstić information content (AvgIpc) is 2.38. The van der Waals surface area contributed by atoms with Crippen LogP contribution in [-0.4, -0.2) is 48.4 Å². The highest BCUT2D eigenvalue weighted by atomic mass is 16.2. The van der Waals surface area contributed by atoms with Crippen LogP contribution in [0.4, 0.5) is 0 Å². The summed E-state index contributed by atoms with van der Waals surface area (Å²) < 4.78 is 0. The number of carbonyl (C=O) groups excluding carboxylic acids is 1. The fourth-order valence-corrected chi connectivity index (χ4v) is 3.38. The van der Waals surface area contributed by atoms with Gasteiger partial charge in [0, 0.05) is 13.1 Å². The van der Waals surface area contributed by atoms with Crippen molar-refractivity contribution in [2.75, 3.05) is 26.7 Å². The van der Waals surface area contributed by atoms with E-state index in [2.05, 4.69) is 30.7 Å². The maximum atomic E-state index is 12.5. The Hall–Kier alpha value is -0.570. The SMILES string of the molecule is CC(C)C1CCN(C(=O)C2CCCCN2C)CC1. The number of carbonyl (C=O) groups is 1. The molecule has 0 aromatic carbocycles. The van der Waals surface area contributed by atoms with E-state index in [1.165, 1.54) is 25.7 Å². The third-order valence-electron chi connectivity index (χ3n) is 4.85. The summed E-state index contributed by atoms with van der Waals surface area (Å²) in [5.41, 5.74) is 0. The monoisotopic (exact) mass is 252 g/mol. The van der Waals surface area contributed by atoms with Gasteiger partial charge in [0.15, 0.2) is 0 Å². The molecular formula is C15H28N2O. The van der Waals surface area contributed by atoms with Gasteiger partial charge in [0.05, 0.1) is 6.04 Å². The standard InChI is InChI=1S/C15H28N2O/c1-12(2)13-7-10-17(11-8-13)15(18)14-6-4-5-9-16(14)3/h12-14H,4-11H2,1-3H3. The maximum absolute atomic E-state index is 12.5. The predicted molar refractivity (Wildman–Crippen MR) is 74.4 cm³/mol. The maximum Gasteiger partial charge on any atom is 0.239 e. The van der Waals surface area contributed by atoms with Crippen molar-refractivity contribution in [2.45, 2.75) is 52.0 Å². The number of piperidine rings is 2. The number of nitrogens with zero attached hydrogens (tertiary/aromatic N) is 2. The molecule has 2 aliphatic heterocycles. The van der Waals surface area contributed by atoms with Gasteiger partial charge in [-0.05, 0) is 51.1 Å². The molecule has 2 heterocycles. The first-order valence-corrected chi connectivity index (χ1v) is 7.58. The molecule has 2 aliphatic rings. The molecule has 0 aliphatic carbocycles. The number of hydrogen-bond acceptors (Lipinski definition) is 2. The molecule has 2 fully saturated rings. The Morgan fingerprint density at radius 1 is 1.06 bits per heavy atom. The second kappa shape index (κ2) is 6.05. The summed E-state index contributed by atoms with van der Waals surface area (Å²) in [6.07, 6.45) is 5.90. The Kier molecular flexibility index (Phi) is 4.66. The molecule has 104 valence electrons. The Bertz CT molecular complexity index is 282. The largest absolute Gasteiger partial charge is 0.341 e. The number of likely N-dealkylation sites (tertiary alicyclic amines) is 2. The predicted octanol–water partition coefficient (Wildman–Crippen LogP) is 2.37. The second-order valence-electron chi connectivity index (χ2n) is 6.40. The number of likely N-dealkylation sites (N-methyl/N-ethyl adjacent to an activating group) is 1. The highest BCUT2D eigenvalue weighted by Crippen LogP contribution is 2.26. The summed E-state index contributed by atoms with van der Waals surface area (Å²) in [5.74, 6) is 1.97. The molecule has 0 N–H and O–H groups in total. The van der Waals surface area contributed by atoms with Gasteiger partial charge in [0.25, 0.3) is 0 Å². The Balaban J connectivity index is 1.87. The normalized spacial score (nSPS) is 27.8. The summed E-state index contributed by atoms with van der Waals surface area (Å²) in [7, 11) is 2.10. The van der Waals surface area contributed by atoms with Gasteiger partial charge in [-0.1, -0.05) is 20.3 Å². The molecule has 2 rings (SSSR count). The zero-order chi connectivity index (χ0) is 13.1. The van der Waals surface area contributed by atoms with Gasteiger partial charge in [-0.3, -0.25) is 9.69 Å². The smallest absolute Gasteiger partial charge is 0.239 e. The molecule has 1 amide bonds. The summed E-state index contributed by atoms with van der Waals surface area (Å²) in [5, 5.41) is 0. The van der Waals surface area contributed by atoms with E-state index in [0.717, 1.165) is 37.9 Å². The van der Waals surface area contributed by atoms with Crippen molar-refractivity contribution in [3.63, 3.8) is 0 Å². The van der Waals surface area contributed by atoms with Crippen LogP contribution in [0.2, 0.25) is 0 Å². The molecule has 3 nitrogen and oxygen atoms in total. The van der Waals surface area contributed by atoms with Crippen molar-refractivity contribution < 1.29 is 4.79 Å². The molecule has 1 atom stereocenters. The molecule has 18 heavy (non-hydrogen) atoms. The summed E-state index contributed by atoms with van der Waals surface area (Å²) in [6, 6.07) is 0.161. The lowest BCUT2D eigenvalue weighted by Gasteiger charge is -2.39. The molecule has 0 aromatic heterocycles. The molecule has 0 aromatic rings. The minimum Gasteiger partial charge on any atom is -0.341 e. The zero-order valence-electron chi connectivity index (χ0n) is 12.2. The fraction of sp³-hybridized carbons (Fsp3) is 0.933. The van der Waals surface area contributed by atoms with Crippen molar-refractivity contribution in [1.29, 1.82) is 0 Å². The van der Waals surface area contributed by atoms with E-state index >= 15 is 0 Å². The molecule has 0 saturated carbocycles. The van der Waals surface area contributed by atoms with Crippen LogP contribution in [0.3, 0.4) is 0 Å². The summed E-state index contributed by atoms with van der Waals surface area (Å²) in [6.45, 7) is 7.64. The first kappa shape index (κ1) is 13.9. The van der Waals surface area contributed by atoms with E-state index in [9.17, 15) is 4.79 Å². The van der Waals surface area contributed by atoms with Crippen molar-refractivity contribution in [3.05, 3.63) is 0 Å². The van der Waals surface area contributed by atoms with Crippen LogP contribution >= 0.6 is 0 Å². The second-order valence-corrected chi connectivity index (χ2v) is 6.40. The molecule has 3 heteroatoms. The fourth-order valence-electron chi connectivity index (χ4n) is 3.38. The topological polar surface area (TPSA) is 23.6 Å². The van der Waals surface area contributed by atoms with E-state index in [1.54, 1.807) is 0 Å². The Morgan fingerprint density at radius 2 is 1.72 bits per heavy atom. The lowest BCUT2D eigenvalue weighted by molar-refractivity contribution is -0.139. The minimum atomic E-state index is 0.161. The Morgan fingerprint density at radius 3 is 2.28 bits per heavy atom. The van der Waals surface area contributed by atoms with Crippen molar-refractivity contribution in [1.82, 2.24) is 9.80 Å². The average molecular weight is 252 g/mol. The molecule has 1 unspecified atom stereocenters. The van der Waals surface area contributed by atoms with E-state index in [-0.39, 0.29) is 6.04 Å². The third-order valence-corrected chi connectivity index (χ3v) is 4.85. The van der Waals surface area contributed by atoms with Gasteiger partial charge in [-0.2, -0.15) is 0 Å². The van der Waals surface area contributed by atoms with Gasteiger partial charge in [-0.15, -0.1) is 0 Å². The summed E-state index contributed by atoms with van der Waals surface area (Å²) >= 11 is 0. The molecule has 0 radical (unpaired) electrons. The minimum absolute atomic E-state index is 0.161. The van der Waals surface area contributed by atoms with Crippen LogP contribution in [0.5, 0.6) is 0 Å². The van der Waals surface area contributed by atoms with Crippen LogP contribution in [0.1, 0.15) is 46.0 Å². The van der Waals surface area contributed by atoms with Gasteiger partial charge in [0.1, 0.15) is 0 Å². The molecule has 2 saturated heterocycles. The highest BCUT2D eigenvalue weighted by molar-refractivity contribution is 5.82. The summed E-state index contributed by atoms with van der Waals surface area (Å²) in [4.78, 5) is 16.9. The van der Waals surface area contributed by atoms with E-state index < -0.39 is 0 Å². The van der Waals surface area contributed by atoms with Gasteiger partial charge in [-0.25, -0.2) is 0 Å². The van der Waals surface area contributed by atoms with Gasteiger partial charge < -0.3 is 4.90 Å². The van der Waals surface area contributed by atoms with Crippen LogP contribution in [0, 0.1) is 11.8 Å². The van der Waals surface area contributed by atoms with Crippen LogP contribution in [-0.2, 0) is 4.79 Å². The first-order chi connectivity index (χ1) is 8.59. The molecule has 0 bridgehead atoms. The van der Waals surface area contributed by atoms with Crippen LogP contribution < -0.4 is 0 Å². The zero-order valence-corrected chi connectivity index (χ0v) is 12.2. The van der Waals surface area contributed by atoms with Crippen molar-refractivity contribution in [2.24, 2.45) is 11.8 Å². The number of hydrogen-bond donors (Lipinski definition) is 0. The highest BCUT2D eigenvalue weighted by Gasteiger charge is 2.32.